The van der Waals surface area contributed by atoms with Gasteiger partial charge in [0, 0.05) is 25.6 Å². The molecular formula is C15H24N2O2. The van der Waals surface area contributed by atoms with Crippen LogP contribution in [0.15, 0.2) is 24.3 Å². The molecule has 0 saturated heterocycles. The summed E-state index contributed by atoms with van der Waals surface area (Å²) in [5, 5.41) is 0. The van der Waals surface area contributed by atoms with E-state index in [4.69, 9.17) is 10.5 Å². The Morgan fingerprint density at radius 2 is 1.89 bits per heavy atom. The second kappa shape index (κ2) is 6.57. The third-order valence-electron chi connectivity index (χ3n) is 2.93. The van der Waals surface area contributed by atoms with E-state index in [1.54, 1.807) is 12.0 Å². The fourth-order valence-electron chi connectivity index (χ4n) is 1.74. The van der Waals surface area contributed by atoms with Crippen LogP contribution in [0.25, 0.3) is 0 Å². The molecule has 1 aromatic carbocycles. The lowest BCUT2D eigenvalue weighted by atomic mass is 10.0. The van der Waals surface area contributed by atoms with Gasteiger partial charge in [-0.3, -0.25) is 4.79 Å². The predicted molar refractivity (Wildman–Crippen MR) is 77.2 cm³/mol. The second-order valence-corrected chi connectivity index (χ2v) is 5.58. The molecule has 0 saturated carbocycles. The van der Waals surface area contributed by atoms with Crippen LogP contribution >= 0.6 is 0 Å². The molecule has 106 valence electrons. The number of hydrogen-bond acceptors (Lipinski definition) is 3. The lowest BCUT2D eigenvalue weighted by Crippen LogP contribution is -2.40. The molecule has 0 heterocycles. The van der Waals surface area contributed by atoms with Crippen molar-refractivity contribution >= 4 is 5.91 Å². The molecule has 0 bridgehead atoms. The molecule has 0 aliphatic carbocycles. The number of benzene rings is 1. The third-order valence-corrected chi connectivity index (χ3v) is 2.93. The fourth-order valence-corrected chi connectivity index (χ4v) is 1.74. The van der Waals surface area contributed by atoms with Gasteiger partial charge in [0.1, 0.15) is 5.75 Å². The van der Waals surface area contributed by atoms with Gasteiger partial charge in [-0.2, -0.15) is 0 Å². The number of amides is 1. The van der Waals surface area contributed by atoms with Crippen LogP contribution in [0.3, 0.4) is 0 Å². The van der Waals surface area contributed by atoms with Gasteiger partial charge in [-0.1, -0.05) is 12.1 Å². The molecule has 1 amide bonds. The average Bonchev–Trinajstić information content (AvgIpc) is 2.34. The summed E-state index contributed by atoms with van der Waals surface area (Å²) in [6.07, 6.45) is 1.20. The van der Waals surface area contributed by atoms with E-state index in [-0.39, 0.29) is 5.91 Å². The minimum absolute atomic E-state index is 0.0843. The molecule has 1 aromatic rings. The van der Waals surface area contributed by atoms with Gasteiger partial charge in [0.2, 0.25) is 5.91 Å². The van der Waals surface area contributed by atoms with Crippen LogP contribution in [-0.2, 0) is 11.2 Å². The van der Waals surface area contributed by atoms with Gasteiger partial charge in [0.15, 0.2) is 0 Å². The summed E-state index contributed by atoms with van der Waals surface area (Å²) in [5.41, 5.74) is 6.59. The fraction of sp³-hybridized carbons (Fsp3) is 0.533. The molecule has 0 aliphatic heterocycles. The lowest BCUT2D eigenvalue weighted by Gasteiger charge is -2.23. The quantitative estimate of drug-likeness (QED) is 0.852. The van der Waals surface area contributed by atoms with Crippen molar-refractivity contribution in [2.45, 2.75) is 32.2 Å². The molecule has 0 unspecified atom stereocenters. The first-order valence-corrected chi connectivity index (χ1v) is 6.47. The summed E-state index contributed by atoms with van der Waals surface area (Å²) in [7, 11) is 3.47. The number of hydrogen-bond donors (Lipinski definition) is 1. The van der Waals surface area contributed by atoms with Crippen molar-refractivity contribution in [3.8, 4) is 5.75 Å². The zero-order valence-corrected chi connectivity index (χ0v) is 12.3. The first-order valence-electron chi connectivity index (χ1n) is 6.47. The van der Waals surface area contributed by atoms with Gasteiger partial charge in [-0.15, -0.1) is 0 Å². The van der Waals surface area contributed by atoms with E-state index in [1.807, 2.05) is 45.2 Å². The summed E-state index contributed by atoms with van der Waals surface area (Å²) in [4.78, 5) is 13.6. The molecule has 4 nitrogen and oxygen atoms in total. The molecule has 0 atom stereocenters. The number of rotatable bonds is 6. The van der Waals surface area contributed by atoms with Gasteiger partial charge in [0.25, 0.3) is 0 Å². The zero-order valence-electron chi connectivity index (χ0n) is 12.3. The number of methoxy groups -OCH3 is 1. The Hall–Kier alpha value is -1.55. The first kappa shape index (κ1) is 15.5. The number of likely N-dealkylation sites (N-methyl/N-ethyl adjacent to an activating group) is 1. The molecule has 0 aliphatic rings. The van der Waals surface area contributed by atoms with Crippen LogP contribution in [0.4, 0.5) is 0 Å². The van der Waals surface area contributed by atoms with Crippen LogP contribution in [-0.4, -0.2) is 37.0 Å². The molecule has 1 rings (SSSR count). The van der Waals surface area contributed by atoms with Crippen molar-refractivity contribution in [3.05, 3.63) is 29.8 Å². The van der Waals surface area contributed by atoms with Gasteiger partial charge < -0.3 is 15.4 Å². The maximum absolute atomic E-state index is 11.9. The van der Waals surface area contributed by atoms with E-state index < -0.39 is 5.54 Å². The minimum atomic E-state index is -0.453. The Bertz CT molecular complexity index is 407. The van der Waals surface area contributed by atoms with Crippen LogP contribution in [0.1, 0.15) is 25.8 Å². The second-order valence-electron chi connectivity index (χ2n) is 5.58. The normalized spacial score (nSPS) is 11.2. The molecule has 0 radical (unpaired) electrons. The Morgan fingerprint density at radius 3 is 2.37 bits per heavy atom. The van der Waals surface area contributed by atoms with Crippen molar-refractivity contribution in [2.75, 3.05) is 20.7 Å². The summed E-state index contributed by atoms with van der Waals surface area (Å²) in [5.74, 6) is 0.930. The summed E-state index contributed by atoms with van der Waals surface area (Å²) >= 11 is 0. The largest absolute Gasteiger partial charge is 0.497 e. The number of nitrogens with zero attached hydrogens (tertiary/aromatic N) is 1. The molecule has 4 heteroatoms. The average molecular weight is 264 g/mol. The number of carbonyl (C=O) groups excluding carboxylic acids is 1. The van der Waals surface area contributed by atoms with Crippen molar-refractivity contribution in [1.82, 2.24) is 4.90 Å². The highest BCUT2D eigenvalue weighted by Gasteiger charge is 2.19. The van der Waals surface area contributed by atoms with Crippen molar-refractivity contribution in [3.63, 3.8) is 0 Å². The van der Waals surface area contributed by atoms with Crippen LogP contribution in [0, 0.1) is 0 Å². The Balaban J connectivity index is 2.44. The van der Waals surface area contributed by atoms with Crippen molar-refractivity contribution in [1.29, 1.82) is 0 Å². The Kier molecular flexibility index (Phi) is 5.36. The van der Waals surface area contributed by atoms with Crippen LogP contribution < -0.4 is 10.5 Å². The molecule has 19 heavy (non-hydrogen) atoms. The van der Waals surface area contributed by atoms with Gasteiger partial charge in [-0.25, -0.2) is 0 Å². The molecule has 0 aromatic heterocycles. The lowest BCUT2D eigenvalue weighted by molar-refractivity contribution is -0.130. The highest BCUT2D eigenvalue weighted by Crippen LogP contribution is 2.12. The van der Waals surface area contributed by atoms with Crippen LogP contribution in [0.5, 0.6) is 5.75 Å². The topological polar surface area (TPSA) is 55.6 Å². The Morgan fingerprint density at radius 1 is 1.32 bits per heavy atom. The predicted octanol–water partition coefficient (Wildman–Crippen LogP) is 1.82. The van der Waals surface area contributed by atoms with E-state index in [0.29, 0.717) is 13.0 Å². The third kappa shape index (κ3) is 5.75. The maximum atomic E-state index is 11.9. The highest BCUT2D eigenvalue weighted by atomic mass is 16.5. The van der Waals surface area contributed by atoms with Crippen molar-refractivity contribution in [2.24, 2.45) is 5.73 Å². The summed E-state index contributed by atoms with van der Waals surface area (Å²) in [6.45, 7) is 4.42. The maximum Gasteiger partial charge on any atom is 0.224 e. The van der Waals surface area contributed by atoms with Gasteiger partial charge >= 0.3 is 0 Å². The summed E-state index contributed by atoms with van der Waals surface area (Å²) in [6, 6.07) is 7.90. The van der Waals surface area contributed by atoms with Gasteiger partial charge in [-0.05, 0) is 38.0 Å². The zero-order chi connectivity index (χ0) is 14.5. The SMILES string of the molecule is COc1ccc(CCN(C)C(=O)CC(C)(C)N)cc1. The van der Waals surface area contributed by atoms with Gasteiger partial charge in [0.05, 0.1) is 7.11 Å². The van der Waals surface area contributed by atoms with E-state index in [9.17, 15) is 4.79 Å². The van der Waals surface area contributed by atoms with Crippen molar-refractivity contribution < 1.29 is 9.53 Å². The first-order chi connectivity index (χ1) is 8.81. The number of nitrogens with two attached hydrogens (primary N) is 1. The smallest absolute Gasteiger partial charge is 0.224 e. The van der Waals surface area contributed by atoms with Crippen LogP contribution in [0.2, 0.25) is 0 Å². The summed E-state index contributed by atoms with van der Waals surface area (Å²) < 4.78 is 5.11. The molecule has 2 N–H and O–H groups in total. The monoisotopic (exact) mass is 264 g/mol. The van der Waals surface area contributed by atoms with E-state index in [1.165, 1.54) is 5.56 Å². The molecular weight excluding hydrogens is 240 g/mol. The van der Waals surface area contributed by atoms with E-state index in [0.717, 1.165) is 12.2 Å². The van der Waals surface area contributed by atoms with E-state index in [2.05, 4.69) is 0 Å². The van der Waals surface area contributed by atoms with E-state index >= 15 is 0 Å². The minimum Gasteiger partial charge on any atom is -0.497 e. The standard InChI is InChI=1S/C15H24N2O2/c1-15(2,16)11-14(18)17(3)10-9-12-5-7-13(19-4)8-6-12/h5-8H,9-11,16H2,1-4H3. The molecule has 0 spiro atoms. The molecule has 0 fully saturated rings. The Labute approximate surface area is 115 Å². The highest BCUT2D eigenvalue weighted by molar-refractivity contribution is 5.77. The number of carbonyl (C=O) groups is 1. The number of ether oxygens (including phenoxy) is 1.